The first-order valence-electron chi connectivity index (χ1n) is 10.1. The molecule has 0 spiro atoms. The van der Waals surface area contributed by atoms with Crippen LogP contribution in [0.1, 0.15) is 26.5 Å². The van der Waals surface area contributed by atoms with E-state index in [4.69, 9.17) is 0 Å². The van der Waals surface area contributed by atoms with Gasteiger partial charge in [-0.1, -0.05) is 12.1 Å². The molecule has 0 bridgehead atoms. The second-order valence-corrected chi connectivity index (χ2v) is 9.10. The van der Waals surface area contributed by atoms with Crippen LogP contribution < -0.4 is 4.90 Å². The van der Waals surface area contributed by atoms with Gasteiger partial charge < -0.3 is 14.7 Å². The Morgan fingerprint density at radius 2 is 1.86 bits per heavy atom. The highest BCUT2D eigenvalue weighted by atomic mass is 32.1. The average molecular weight is 416 g/mol. The second-order valence-electron chi connectivity index (χ2n) is 7.96. The van der Waals surface area contributed by atoms with Gasteiger partial charge in [-0.3, -0.25) is 9.59 Å². The van der Waals surface area contributed by atoms with Crippen molar-refractivity contribution in [2.75, 3.05) is 45.2 Å². The van der Waals surface area contributed by atoms with Crippen molar-refractivity contribution in [3.63, 3.8) is 0 Å². The normalized spacial score (nSPS) is 19.1. The van der Waals surface area contributed by atoms with Crippen molar-refractivity contribution in [2.45, 2.75) is 19.3 Å². The first-order chi connectivity index (χ1) is 13.9. The van der Waals surface area contributed by atoms with Gasteiger partial charge >= 0.3 is 0 Å². The molecule has 0 radical (unpaired) electrons. The number of aryl methyl sites for hydroxylation is 1. The van der Waals surface area contributed by atoms with Gasteiger partial charge in [-0.15, -0.1) is 11.3 Å². The molecule has 4 rings (SSSR count). The van der Waals surface area contributed by atoms with Crippen LogP contribution in [0.4, 0.5) is 10.1 Å². The maximum Gasteiger partial charge on any atom is 0.263 e. The van der Waals surface area contributed by atoms with E-state index in [9.17, 15) is 14.0 Å². The van der Waals surface area contributed by atoms with Gasteiger partial charge in [0.15, 0.2) is 0 Å². The number of anilines is 1. The molecule has 1 fully saturated rings. The number of benzene rings is 1. The predicted octanol–water partition coefficient (Wildman–Crippen LogP) is 3.04. The number of fused-ring (bicyclic) bond motifs is 1. The number of hydrogen-bond donors (Lipinski definition) is 0. The number of nitrogens with zero attached hydrogens (tertiary/aromatic N) is 3. The number of carbonyl (C=O) groups is 2. The minimum Gasteiger partial charge on any atom is -0.366 e. The zero-order valence-electron chi connectivity index (χ0n) is 16.9. The molecule has 154 valence electrons. The lowest BCUT2D eigenvalue weighted by atomic mass is 9.87. The molecule has 7 heteroatoms. The molecule has 29 heavy (non-hydrogen) atoms. The number of piperazine rings is 1. The Morgan fingerprint density at radius 3 is 2.55 bits per heavy atom. The Bertz CT molecular complexity index is 919. The van der Waals surface area contributed by atoms with Crippen LogP contribution in [0.25, 0.3) is 0 Å². The minimum absolute atomic E-state index is 0.0246. The smallest absolute Gasteiger partial charge is 0.263 e. The zero-order chi connectivity index (χ0) is 20.5. The Hall–Kier alpha value is -2.41. The van der Waals surface area contributed by atoms with Crippen LogP contribution in [0.3, 0.4) is 0 Å². The molecule has 0 N–H and O–H groups in total. The van der Waals surface area contributed by atoms with E-state index < -0.39 is 0 Å². The summed E-state index contributed by atoms with van der Waals surface area (Å²) >= 11 is 1.56. The first-order valence-corrected chi connectivity index (χ1v) is 10.9. The fraction of sp³-hybridized carbons (Fsp3) is 0.455. The van der Waals surface area contributed by atoms with Gasteiger partial charge in [0.25, 0.3) is 5.91 Å². The van der Waals surface area contributed by atoms with Crippen molar-refractivity contribution in [1.82, 2.24) is 9.80 Å². The summed E-state index contributed by atoms with van der Waals surface area (Å²) < 4.78 is 14.0. The topological polar surface area (TPSA) is 43.9 Å². The van der Waals surface area contributed by atoms with Crippen LogP contribution in [-0.4, -0.2) is 61.9 Å². The molecule has 0 saturated carbocycles. The van der Waals surface area contributed by atoms with Crippen molar-refractivity contribution in [3.05, 3.63) is 51.5 Å². The lowest BCUT2D eigenvalue weighted by Crippen LogP contribution is -2.51. The number of hydrogen-bond acceptors (Lipinski definition) is 4. The third-order valence-corrected chi connectivity index (χ3v) is 7.06. The molecular weight excluding hydrogens is 389 g/mol. The maximum atomic E-state index is 14.0. The number of para-hydroxylation sites is 1. The Kier molecular flexibility index (Phi) is 5.58. The van der Waals surface area contributed by atoms with Crippen molar-refractivity contribution < 1.29 is 14.0 Å². The maximum absolute atomic E-state index is 14.0. The first kappa shape index (κ1) is 19.9. The molecule has 1 saturated heterocycles. The molecule has 2 aliphatic rings. The SMILES string of the molecule is CN(C)C(=O)c1cc2c(s1)CCC(C(=O)N1CCN(c3ccccc3F)CC1)C2. The molecule has 5 nitrogen and oxygen atoms in total. The van der Waals surface area contributed by atoms with Gasteiger partial charge in [-0.05, 0) is 43.0 Å². The zero-order valence-corrected chi connectivity index (χ0v) is 17.7. The molecule has 1 aromatic heterocycles. The van der Waals surface area contributed by atoms with Crippen LogP contribution in [0.2, 0.25) is 0 Å². The van der Waals surface area contributed by atoms with Gasteiger partial charge in [0.05, 0.1) is 10.6 Å². The third-order valence-electron chi connectivity index (χ3n) is 5.83. The van der Waals surface area contributed by atoms with Crippen LogP contribution in [-0.2, 0) is 17.6 Å². The second kappa shape index (κ2) is 8.14. The number of amides is 2. The van der Waals surface area contributed by atoms with Crippen molar-refractivity contribution in [3.8, 4) is 0 Å². The Balaban J connectivity index is 1.38. The van der Waals surface area contributed by atoms with Gasteiger partial charge in [0.2, 0.25) is 5.91 Å². The van der Waals surface area contributed by atoms with Gasteiger partial charge in [-0.2, -0.15) is 0 Å². The largest absolute Gasteiger partial charge is 0.366 e. The molecule has 1 atom stereocenters. The molecule has 1 aliphatic carbocycles. The van der Waals surface area contributed by atoms with Crippen molar-refractivity contribution >= 4 is 28.8 Å². The molecule has 1 aromatic carbocycles. The summed E-state index contributed by atoms with van der Waals surface area (Å²) in [5.41, 5.74) is 1.76. The van der Waals surface area contributed by atoms with E-state index in [0.29, 0.717) is 38.3 Å². The number of carbonyl (C=O) groups excluding carboxylic acids is 2. The van der Waals surface area contributed by atoms with Crippen LogP contribution >= 0.6 is 11.3 Å². The fourth-order valence-electron chi connectivity index (χ4n) is 4.19. The summed E-state index contributed by atoms with van der Waals surface area (Å²) in [6, 6.07) is 8.77. The summed E-state index contributed by atoms with van der Waals surface area (Å²) in [5.74, 6) is -0.0286. The molecule has 1 unspecified atom stereocenters. The standard InChI is InChI=1S/C22H26FN3O2S/c1-24(2)22(28)20-14-16-13-15(7-8-19(16)29-20)21(27)26-11-9-25(10-12-26)18-6-4-3-5-17(18)23/h3-6,14-15H,7-13H2,1-2H3. The minimum atomic E-state index is -0.215. The fourth-order valence-corrected chi connectivity index (χ4v) is 5.42. The van der Waals surface area contributed by atoms with E-state index in [-0.39, 0.29) is 23.5 Å². The summed E-state index contributed by atoms with van der Waals surface area (Å²) in [5, 5.41) is 0. The quantitative estimate of drug-likeness (QED) is 0.774. The number of thiophene rings is 1. The van der Waals surface area contributed by atoms with Crippen LogP contribution in [0.5, 0.6) is 0 Å². The predicted molar refractivity (Wildman–Crippen MR) is 113 cm³/mol. The van der Waals surface area contributed by atoms with E-state index in [2.05, 4.69) is 0 Å². The third kappa shape index (κ3) is 4.01. The summed E-state index contributed by atoms with van der Waals surface area (Å²) in [4.78, 5) is 32.8. The molecule has 2 amide bonds. The summed E-state index contributed by atoms with van der Waals surface area (Å²) in [6.07, 6.45) is 2.39. The highest BCUT2D eigenvalue weighted by Crippen LogP contribution is 2.34. The monoisotopic (exact) mass is 415 g/mol. The molecule has 2 aromatic rings. The molecule has 1 aliphatic heterocycles. The van der Waals surface area contributed by atoms with Crippen LogP contribution in [0, 0.1) is 11.7 Å². The van der Waals surface area contributed by atoms with Gasteiger partial charge in [0, 0.05) is 51.1 Å². The highest BCUT2D eigenvalue weighted by Gasteiger charge is 2.32. The lowest BCUT2D eigenvalue weighted by molar-refractivity contribution is -0.136. The lowest BCUT2D eigenvalue weighted by Gasteiger charge is -2.38. The van der Waals surface area contributed by atoms with Crippen LogP contribution in [0.15, 0.2) is 30.3 Å². The van der Waals surface area contributed by atoms with Crippen molar-refractivity contribution in [1.29, 1.82) is 0 Å². The average Bonchev–Trinajstić information content (AvgIpc) is 3.16. The van der Waals surface area contributed by atoms with E-state index in [1.807, 2.05) is 21.9 Å². The van der Waals surface area contributed by atoms with E-state index >= 15 is 0 Å². The van der Waals surface area contributed by atoms with Crippen molar-refractivity contribution in [2.24, 2.45) is 5.92 Å². The Labute approximate surface area is 174 Å². The molecule has 2 heterocycles. The highest BCUT2D eigenvalue weighted by molar-refractivity contribution is 7.14. The van der Waals surface area contributed by atoms with E-state index in [0.717, 1.165) is 23.3 Å². The molecular formula is C22H26FN3O2S. The van der Waals surface area contributed by atoms with Gasteiger partial charge in [-0.25, -0.2) is 4.39 Å². The Morgan fingerprint density at radius 1 is 1.14 bits per heavy atom. The number of halogens is 1. The van der Waals surface area contributed by atoms with Gasteiger partial charge in [0.1, 0.15) is 5.82 Å². The van der Waals surface area contributed by atoms with E-state index in [1.54, 1.807) is 42.5 Å². The number of rotatable bonds is 3. The van der Waals surface area contributed by atoms with E-state index in [1.165, 1.54) is 10.9 Å². The summed E-state index contributed by atoms with van der Waals surface area (Å²) in [6.45, 7) is 2.52. The summed E-state index contributed by atoms with van der Waals surface area (Å²) in [7, 11) is 3.52.